The van der Waals surface area contributed by atoms with E-state index in [0.717, 1.165) is 6.07 Å². The van der Waals surface area contributed by atoms with E-state index in [1.165, 1.54) is 18.2 Å². The van der Waals surface area contributed by atoms with Gasteiger partial charge in [0.25, 0.3) is 5.69 Å². The first-order valence-corrected chi connectivity index (χ1v) is 12.0. The molecule has 1 fully saturated rings. The summed E-state index contributed by atoms with van der Waals surface area (Å²) in [7, 11) is -5.53. The first-order valence-electron chi connectivity index (χ1n) is 8.82. The minimum Gasteiger partial charge on any atom is -0.355 e. The van der Waals surface area contributed by atoms with Crippen LogP contribution < -0.4 is 10.0 Å². The van der Waals surface area contributed by atoms with E-state index in [1.807, 2.05) is 4.90 Å². The van der Waals surface area contributed by atoms with Gasteiger partial charge in [0, 0.05) is 45.4 Å². The summed E-state index contributed by atoms with van der Waals surface area (Å²) in [6.45, 7) is 4.10. The third kappa shape index (κ3) is 6.24. The molecule has 1 aliphatic heterocycles. The number of hydrogen-bond donors (Lipinski definition) is 2. The van der Waals surface area contributed by atoms with Gasteiger partial charge in [-0.2, -0.15) is 0 Å². The fourth-order valence-corrected chi connectivity index (χ4v) is 5.30. The molecule has 0 saturated carbocycles. The second kappa shape index (κ2) is 10.2. The van der Waals surface area contributed by atoms with Gasteiger partial charge in [0.1, 0.15) is 0 Å². The molecule has 1 aliphatic rings. The molecular weight excluding hydrogens is 549 g/mol. The lowest BCUT2D eigenvalue weighted by Gasteiger charge is -2.39. The standard InChI is InChI=1S/C16H25N5O6S2.HI/c1-16(2)12-20(9-10-28(16,24)25)15(17-3)18-7-8-19-29(26,27)14-6-4-5-13(11-14)21(22)23;/h4-6,11,19H,7-10,12H2,1-3H3,(H,17,18);1H. The zero-order valence-electron chi connectivity index (χ0n) is 16.9. The molecule has 170 valence electrons. The van der Waals surface area contributed by atoms with Gasteiger partial charge in [-0.15, -0.1) is 24.0 Å². The molecule has 0 unspecified atom stereocenters. The monoisotopic (exact) mass is 575 g/mol. The maximum Gasteiger partial charge on any atom is 0.270 e. The summed E-state index contributed by atoms with van der Waals surface area (Å²) in [5.74, 6) is 0.489. The number of aliphatic imine (C=N–C) groups is 1. The van der Waals surface area contributed by atoms with Crippen LogP contribution in [-0.2, 0) is 19.9 Å². The number of benzene rings is 1. The van der Waals surface area contributed by atoms with Gasteiger partial charge in [0.2, 0.25) is 10.0 Å². The van der Waals surface area contributed by atoms with Crippen molar-refractivity contribution in [1.29, 1.82) is 0 Å². The van der Waals surface area contributed by atoms with E-state index in [9.17, 15) is 26.9 Å². The van der Waals surface area contributed by atoms with Crippen molar-refractivity contribution in [1.82, 2.24) is 14.9 Å². The van der Waals surface area contributed by atoms with Gasteiger partial charge in [-0.05, 0) is 19.9 Å². The average Bonchev–Trinajstić information content (AvgIpc) is 2.64. The van der Waals surface area contributed by atoms with Gasteiger partial charge < -0.3 is 10.2 Å². The molecule has 14 heteroatoms. The second-order valence-corrected chi connectivity index (χ2v) is 11.6. The van der Waals surface area contributed by atoms with Crippen LogP contribution in [0.3, 0.4) is 0 Å². The Balaban J connectivity index is 0.00000450. The van der Waals surface area contributed by atoms with E-state index in [0.29, 0.717) is 12.5 Å². The number of nitro benzene ring substituents is 1. The highest BCUT2D eigenvalue weighted by Gasteiger charge is 2.40. The Morgan fingerprint density at radius 2 is 2.00 bits per heavy atom. The normalized spacial score (nSPS) is 18.4. The zero-order valence-corrected chi connectivity index (χ0v) is 20.8. The van der Waals surface area contributed by atoms with Crippen LogP contribution in [0.2, 0.25) is 0 Å². The van der Waals surface area contributed by atoms with E-state index >= 15 is 0 Å². The molecule has 0 bridgehead atoms. The average molecular weight is 575 g/mol. The SMILES string of the molecule is CN=C(NCCNS(=O)(=O)c1cccc([N+](=O)[O-])c1)N1CCS(=O)(=O)C(C)(C)C1.I. The van der Waals surface area contributed by atoms with Crippen LogP contribution in [-0.4, -0.2) is 76.3 Å². The van der Waals surface area contributed by atoms with E-state index in [2.05, 4.69) is 15.0 Å². The second-order valence-electron chi connectivity index (χ2n) is 7.13. The molecule has 0 radical (unpaired) electrons. The summed E-state index contributed by atoms with van der Waals surface area (Å²) in [4.78, 5) is 15.9. The maximum atomic E-state index is 12.3. The summed E-state index contributed by atoms with van der Waals surface area (Å²) >= 11 is 0. The van der Waals surface area contributed by atoms with Crippen molar-refractivity contribution >= 4 is 55.5 Å². The molecule has 2 N–H and O–H groups in total. The summed E-state index contributed by atoms with van der Waals surface area (Å²) in [6, 6.07) is 4.78. The van der Waals surface area contributed by atoms with Crippen molar-refractivity contribution in [3.8, 4) is 0 Å². The smallest absolute Gasteiger partial charge is 0.270 e. The molecule has 2 rings (SSSR count). The molecule has 1 saturated heterocycles. The molecule has 0 amide bonds. The van der Waals surface area contributed by atoms with Crippen LogP contribution in [0, 0.1) is 10.1 Å². The molecule has 0 aliphatic carbocycles. The number of hydrogen-bond acceptors (Lipinski definition) is 7. The third-order valence-corrected chi connectivity index (χ3v) is 8.59. The number of nitrogens with zero attached hydrogens (tertiary/aromatic N) is 3. The zero-order chi connectivity index (χ0) is 21.9. The predicted molar refractivity (Wildman–Crippen MR) is 125 cm³/mol. The first-order chi connectivity index (χ1) is 13.4. The van der Waals surface area contributed by atoms with Gasteiger partial charge in [-0.1, -0.05) is 6.07 Å². The fourth-order valence-electron chi connectivity index (χ4n) is 2.86. The topological polar surface area (TPSA) is 151 Å². The number of sulfone groups is 1. The molecule has 1 aromatic carbocycles. The van der Waals surface area contributed by atoms with E-state index in [-0.39, 0.29) is 59.9 Å². The number of nitro groups is 1. The highest BCUT2D eigenvalue weighted by Crippen LogP contribution is 2.23. The van der Waals surface area contributed by atoms with Gasteiger partial charge in [-0.25, -0.2) is 21.6 Å². The maximum absolute atomic E-state index is 12.3. The van der Waals surface area contributed by atoms with Crippen LogP contribution in [0.4, 0.5) is 5.69 Å². The Morgan fingerprint density at radius 3 is 2.57 bits per heavy atom. The first kappa shape index (κ1) is 26.5. The molecular formula is C16H26IN5O6S2. The molecule has 1 heterocycles. The van der Waals surface area contributed by atoms with Crippen LogP contribution in [0.5, 0.6) is 0 Å². The highest BCUT2D eigenvalue weighted by molar-refractivity contribution is 14.0. The molecule has 30 heavy (non-hydrogen) atoms. The number of nitrogens with one attached hydrogen (secondary N) is 2. The van der Waals surface area contributed by atoms with Gasteiger partial charge in [0.05, 0.1) is 20.3 Å². The Kier molecular flexibility index (Phi) is 9.01. The van der Waals surface area contributed by atoms with E-state index in [1.54, 1.807) is 20.9 Å². The lowest BCUT2D eigenvalue weighted by Crippen LogP contribution is -2.57. The van der Waals surface area contributed by atoms with Crippen LogP contribution in [0.15, 0.2) is 34.2 Å². The van der Waals surface area contributed by atoms with Gasteiger partial charge >= 0.3 is 0 Å². The van der Waals surface area contributed by atoms with Crippen molar-refractivity contribution in [2.24, 2.45) is 4.99 Å². The highest BCUT2D eigenvalue weighted by atomic mass is 127. The summed E-state index contributed by atoms with van der Waals surface area (Å²) in [5.41, 5.74) is -0.311. The van der Waals surface area contributed by atoms with Crippen molar-refractivity contribution < 1.29 is 21.8 Å². The van der Waals surface area contributed by atoms with Gasteiger partial charge in [0.15, 0.2) is 15.8 Å². The summed E-state index contributed by atoms with van der Waals surface area (Å²) in [5, 5.41) is 13.8. The molecule has 0 aromatic heterocycles. The summed E-state index contributed by atoms with van der Waals surface area (Å²) in [6.07, 6.45) is 0. The summed E-state index contributed by atoms with van der Waals surface area (Å²) < 4.78 is 50.3. The number of guanidine groups is 1. The minimum atomic E-state index is -3.91. The minimum absolute atomic E-state index is 0. The number of halogens is 1. The molecule has 0 atom stereocenters. The van der Waals surface area contributed by atoms with Crippen molar-refractivity contribution in [2.45, 2.75) is 23.5 Å². The Hall–Kier alpha value is -1.52. The Labute approximate surface area is 193 Å². The van der Waals surface area contributed by atoms with Gasteiger partial charge in [-0.3, -0.25) is 15.1 Å². The molecule has 11 nitrogen and oxygen atoms in total. The van der Waals surface area contributed by atoms with Crippen molar-refractivity contribution in [3.05, 3.63) is 34.4 Å². The van der Waals surface area contributed by atoms with Crippen molar-refractivity contribution in [3.63, 3.8) is 0 Å². The number of sulfonamides is 1. The van der Waals surface area contributed by atoms with Crippen molar-refractivity contribution in [2.75, 3.05) is 39.0 Å². The lowest BCUT2D eigenvalue weighted by molar-refractivity contribution is -0.385. The Morgan fingerprint density at radius 1 is 1.33 bits per heavy atom. The Bertz CT molecular complexity index is 1010. The molecule has 1 aromatic rings. The van der Waals surface area contributed by atoms with Crippen LogP contribution in [0.1, 0.15) is 13.8 Å². The quantitative estimate of drug-likeness (QED) is 0.125. The predicted octanol–water partition coefficient (Wildman–Crippen LogP) is 0.576. The number of non-ortho nitro benzene ring substituents is 1. The number of rotatable bonds is 6. The lowest BCUT2D eigenvalue weighted by atomic mass is 10.2. The van der Waals surface area contributed by atoms with E-state index < -0.39 is 29.5 Å². The largest absolute Gasteiger partial charge is 0.355 e. The third-order valence-electron chi connectivity index (χ3n) is 4.59. The molecule has 0 spiro atoms. The van der Waals surface area contributed by atoms with E-state index in [4.69, 9.17) is 0 Å². The van der Waals surface area contributed by atoms with Crippen LogP contribution in [0.25, 0.3) is 0 Å². The van der Waals surface area contributed by atoms with Crippen LogP contribution >= 0.6 is 24.0 Å². The fraction of sp³-hybridized carbons (Fsp3) is 0.562.